The number of unbranched alkanes of at least 4 members (excludes halogenated alkanes) is 47. The van der Waals surface area contributed by atoms with Crippen LogP contribution in [0, 0.1) is 0 Å². The molecule has 83 heavy (non-hydrogen) atoms. The summed E-state index contributed by atoms with van der Waals surface area (Å²) in [5, 5.41) is 0. The summed E-state index contributed by atoms with van der Waals surface area (Å²) < 4.78 is 17.0. The second-order valence-corrected chi connectivity index (χ2v) is 24.8. The molecule has 1 atom stereocenters. The number of hydrogen-bond donors (Lipinski definition) is 0. The SMILES string of the molecule is CC/C=C\C/C=C\C/C=C\CCCCCCCC(=O)OCC(COC(=O)CCCCCCCCCCCCCCC/C=C\CCCCCCCCCC)OC(=O)CCCCCCCCCCCCCCC/C=C\CCCCCCCCCC. The lowest BCUT2D eigenvalue weighted by Gasteiger charge is -2.18. The van der Waals surface area contributed by atoms with Crippen molar-refractivity contribution in [3.8, 4) is 0 Å². The molecule has 0 aromatic rings. The molecular weight excluding hydrogens is 1020 g/mol. The van der Waals surface area contributed by atoms with Gasteiger partial charge in [-0.3, -0.25) is 14.4 Å². The average Bonchev–Trinajstić information content (AvgIpc) is 3.49. The molecule has 0 aromatic carbocycles. The highest BCUT2D eigenvalue weighted by Crippen LogP contribution is 2.18. The van der Waals surface area contributed by atoms with Crippen molar-refractivity contribution in [3.63, 3.8) is 0 Å². The number of ether oxygens (including phenoxy) is 3. The predicted octanol–water partition coefficient (Wildman–Crippen LogP) is 25.5. The standard InChI is InChI=1S/C77H140O6/c1-4-7-10-13-16-19-22-25-28-30-32-34-36-38-40-42-44-46-49-52-55-58-61-64-67-70-76(79)82-73-74(72-81-75(78)69-66-63-60-57-54-51-48-27-24-21-18-15-12-9-6-3)83-77(80)71-68-65-62-59-56-53-50-47-45-43-41-39-37-35-33-31-29-26-23-20-17-14-11-8-5-2/h9,12,18,21,27,30-33,48,74H,4-8,10-11,13-17,19-20,22-26,28-29,34-47,49-73H2,1-3H3/b12-9-,21-18-,32-30-,33-31-,48-27-. The Morgan fingerprint density at radius 1 is 0.253 bits per heavy atom. The molecule has 0 aromatic heterocycles. The summed E-state index contributed by atoms with van der Waals surface area (Å²) in [6.07, 6.45) is 92.6. The third kappa shape index (κ3) is 69.8. The summed E-state index contributed by atoms with van der Waals surface area (Å²) in [6.45, 7) is 6.58. The molecule has 0 aliphatic heterocycles. The average molecular weight is 1160 g/mol. The molecular formula is C77H140O6. The quantitative estimate of drug-likeness (QED) is 0.0261. The molecule has 0 radical (unpaired) electrons. The van der Waals surface area contributed by atoms with Gasteiger partial charge in [0.05, 0.1) is 0 Å². The summed E-state index contributed by atoms with van der Waals surface area (Å²) in [7, 11) is 0. The van der Waals surface area contributed by atoms with Crippen LogP contribution < -0.4 is 0 Å². The molecule has 0 rings (SSSR count). The van der Waals surface area contributed by atoms with Gasteiger partial charge in [0.1, 0.15) is 13.2 Å². The van der Waals surface area contributed by atoms with E-state index in [9.17, 15) is 14.4 Å². The van der Waals surface area contributed by atoms with Crippen molar-refractivity contribution in [2.24, 2.45) is 0 Å². The van der Waals surface area contributed by atoms with E-state index in [1.807, 2.05) is 0 Å². The Morgan fingerprint density at radius 3 is 0.747 bits per heavy atom. The lowest BCUT2D eigenvalue weighted by molar-refractivity contribution is -0.167. The minimum atomic E-state index is -0.783. The van der Waals surface area contributed by atoms with E-state index >= 15 is 0 Å². The minimum absolute atomic E-state index is 0.0766. The largest absolute Gasteiger partial charge is 0.462 e. The summed E-state index contributed by atoms with van der Waals surface area (Å²) >= 11 is 0. The number of allylic oxidation sites excluding steroid dienone is 10. The van der Waals surface area contributed by atoms with Crippen molar-refractivity contribution in [1.82, 2.24) is 0 Å². The van der Waals surface area contributed by atoms with E-state index in [-0.39, 0.29) is 31.1 Å². The third-order valence-electron chi connectivity index (χ3n) is 16.5. The van der Waals surface area contributed by atoms with E-state index in [1.54, 1.807) is 0 Å². The zero-order chi connectivity index (χ0) is 59.9. The number of esters is 3. The van der Waals surface area contributed by atoms with Gasteiger partial charge in [-0.2, -0.15) is 0 Å². The van der Waals surface area contributed by atoms with E-state index in [4.69, 9.17) is 14.2 Å². The molecule has 1 unspecified atom stereocenters. The van der Waals surface area contributed by atoms with Crippen molar-refractivity contribution >= 4 is 17.9 Å². The first-order valence-corrected chi connectivity index (χ1v) is 36.8. The van der Waals surface area contributed by atoms with Gasteiger partial charge in [-0.1, -0.05) is 332 Å². The zero-order valence-electron chi connectivity index (χ0n) is 55.7. The van der Waals surface area contributed by atoms with Gasteiger partial charge < -0.3 is 14.2 Å². The molecule has 0 bridgehead atoms. The topological polar surface area (TPSA) is 78.9 Å². The Morgan fingerprint density at radius 2 is 0.470 bits per heavy atom. The molecule has 0 fully saturated rings. The first-order valence-electron chi connectivity index (χ1n) is 36.8. The van der Waals surface area contributed by atoms with Gasteiger partial charge in [0.15, 0.2) is 6.10 Å². The van der Waals surface area contributed by atoms with Crippen LogP contribution in [0.25, 0.3) is 0 Å². The van der Waals surface area contributed by atoms with Crippen molar-refractivity contribution in [1.29, 1.82) is 0 Å². The molecule has 6 heteroatoms. The van der Waals surface area contributed by atoms with Crippen LogP contribution in [0.15, 0.2) is 60.8 Å². The van der Waals surface area contributed by atoms with Gasteiger partial charge in [-0.25, -0.2) is 0 Å². The summed E-state index contributed by atoms with van der Waals surface area (Å²) in [5.74, 6) is -0.870. The van der Waals surface area contributed by atoms with Crippen LogP contribution in [-0.4, -0.2) is 37.2 Å². The molecule has 0 aliphatic rings. The van der Waals surface area contributed by atoms with E-state index in [0.29, 0.717) is 19.3 Å². The molecule has 0 saturated heterocycles. The Hall–Kier alpha value is -2.89. The molecule has 0 N–H and O–H groups in total. The van der Waals surface area contributed by atoms with Crippen LogP contribution in [0.3, 0.4) is 0 Å². The summed E-state index contributed by atoms with van der Waals surface area (Å²) in [4.78, 5) is 38.5. The maximum Gasteiger partial charge on any atom is 0.306 e. The highest BCUT2D eigenvalue weighted by molar-refractivity contribution is 5.71. The van der Waals surface area contributed by atoms with E-state index in [0.717, 1.165) is 96.3 Å². The van der Waals surface area contributed by atoms with Crippen molar-refractivity contribution < 1.29 is 28.6 Å². The molecule has 0 spiro atoms. The van der Waals surface area contributed by atoms with Gasteiger partial charge in [-0.05, 0) is 103 Å². The fourth-order valence-electron chi connectivity index (χ4n) is 11.0. The van der Waals surface area contributed by atoms with Gasteiger partial charge in [0, 0.05) is 19.3 Å². The number of rotatable bonds is 68. The smallest absolute Gasteiger partial charge is 0.306 e. The lowest BCUT2D eigenvalue weighted by Crippen LogP contribution is -2.30. The Bertz CT molecular complexity index is 1470. The number of hydrogen-bond acceptors (Lipinski definition) is 6. The second kappa shape index (κ2) is 71.6. The maximum atomic E-state index is 13.0. The van der Waals surface area contributed by atoms with Crippen LogP contribution >= 0.6 is 0 Å². The number of carbonyl (C=O) groups is 3. The molecule has 6 nitrogen and oxygen atoms in total. The third-order valence-corrected chi connectivity index (χ3v) is 16.5. The van der Waals surface area contributed by atoms with Gasteiger partial charge in [0.2, 0.25) is 0 Å². The summed E-state index contributed by atoms with van der Waals surface area (Å²) in [6, 6.07) is 0. The van der Waals surface area contributed by atoms with Crippen LogP contribution in [0.2, 0.25) is 0 Å². The summed E-state index contributed by atoms with van der Waals surface area (Å²) in [5.41, 5.74) is 0. The van der Waals surface area contributed by atoms with Crippen molar-refractivity contribution in [3.05, 3.63) is 60.8 Å². The highest BCUT2D eigenvalue weighted by Gasteiger charge is 2.19. The van der Waals surface area contributed by atoms with Gasteiger partial charge in [-0.15, -0.1) is 0 Å². The minimum Gasteiger partial charge on any atom is -0.462 e. The van der Waals surface area contributed by atoms with Crippen LogP contribution in [0.4, 0.5) is 0 Å². The zero-order valence-corrected chi connectivity index (χ0v) is 55.7. The van der Waals surface area contributed by atoms with Gasteiger partial charge >= 0.3 is 17.9 Å². The van der Waals surface area contributed by atoms with Gasteiger partial charge in [0.25, 0.3) is 0 Å². The highest BCUT2D eigenvalue weighted by atomic mass is 16.6. The predicted molar refractivity (Wildman–Crippen MR) is 362 cm³/mol. The Kier molecular flexibility index (Phi) is 69.1. The first-order chi connectivity index (χ1) is 41.0. The van der Waals surface area contributed by atoms with Crippen LogP contribution in [-0.2, 0) is 28.6 Å². The van der Waals surface area contributed by atoms with E-state index < -0.39 is 6.10 Å². The van der Waals surface area contributed by atoms with E-state index in [1.165, 1.54) is 257 Å². The maximum absolute atomic E-state index is 13.0. The molecule has 0 heterocycles. The molecule has 0 aliphatic carbocycles. The normalized spacial score (nSPS) is 12.4. The molecule has 0 amide bonds. The van der Waals surface area contributed by atoms with Crippen LogP contribution in [0.1, 0.15) is 393 Å². The fourth-order valence-corrected chi connectivity index (χ4v) is 11.0. The Balaban J connectivity index is 4.27. The lowest BCUT2D eigenvalue weighted by atomic mass is 10.0. The second-order valence-electron chi connectivity index (χ2n) is 24.8. The first kappa shape index (κ1) is 80.1. The Labute approximate surface area is 517 Å². The van der Waals surface area contributed by atoms with Crippen molar-refractivity contribution in [2.75, 3.05) is 13.2 Å². The monoisotopic (exact) mass is 1160 g/mol. The van der Waals surface area contributed by atoms with E-state index in [2.05, 4.69) is 81.5 Å². The molecule has 484 valence electrons. The number of carbonyl (C=O) groups excluding carboxylic acids is 3. The van der Waals surface area contributed by atoms with Crippen LogP contribution in [0.5, 0.6) is 0 Å². The fraction of sp³-hybridized carbons (Fsp3) is 0.831. The molecule has 0 saturated carbocycles. The van der Waals surface area contributed by atoms with Crippen molar-refractivity contribution in [2.45, 2.75) is 399 Å².